The van der Waals surface area contributed by atoms with Crippen LogP contribution in [-0.4, -0.2) is 0 Å². The highest BCUT2D eigenvalue weighted by molar-refractivity contribution is 5.18. The molecule has 0 atom stereocenters. The Morgan fingerprint density at radius 1 is 1.33 bits per heavy atom. The molecule has 0 nitrogen and oxygen atoms in total. The Morgan fingerprint density at radius 2 is 1.89 bits per heavy atom. The lowest BCUT2D eigenvalue weighted by molar-refractivity contribution is 0.771. The summed E-state index contributed by atoms with van der Waals surface area (Å²) < 4.78 is 0. The lowest BCUT2D eigenvalue weighted by Gasteiger charge is -1.93. The molecule has 1 rings (SSSR count). The van der Waals surface area contributed by atoms with E-state index in [-0.39, 0.29) is 0 Å². The first-order chi connectivity index (χ1) is 4.12. The van der Waals surface area contributed by atoms with Crippen molar-refractivity contribution in [2.45, 2.75) is 33.6 Å². The van der Waals surface area contributed by atoms with Crippen LogP contribution < -0.4 is 0 Å². The Hall–Kier alpha value is -0.440. The molecule has 0 bridgehead atoms. The summed E-state index contributed by atoms with van der Waals surface area (Å²) in [5, 5.41) is 0. The molecule has 0 aromatic carbocycles. The van der Waals surface area contributed by atoms with Crippen LogP contribution in [0.3, 0.4) is 0 Å². The minimum atomic E-state index is 0.421. The molecule has 0 unspecified atom stereocenters. The summed E-state index contributed by atoms with van der Waals surface area (Å²) in [4.78, 5) is 0. The lowest BCUT2D eigenvalue weighted by Crippen LogP contribution is -1.87. The molecule has 1 aliphatic carbocycles. The van der Waals surface area contributed by atoms with Crippen molar-refractivity contribution < 1.29 is 0 Å². The normalized spacial score (nSPS) is 20.9. The Balaban J connectivity index is 2.42. The molecule has 1 aliphatic rings. The standard InChI is InChI=1S/C9H14/c1-8(2)4-5-9(3)6-7-9/h8H,6-7H2,1-3H3. The fourth-order valence-electron chi connectivity index (χ4n) is 0.631. The monoisotopic (exact) mass is 122 g/mol. The average Bonchev–Trinajstić information content (AvgIpc) is 2.45. The summed E-state index contributed by atoms with van der Waals surface area (Å²) in [5.41, 5.74) is 0.421. The maximum Gasteiger partial charge on any atom is 0.0287 e. The minimum absolute atomic E-state index is 0.421. The van der Waals surface area contributed by atoms with Crippen molar-refractivity contribution in [3.63, 3.8) is 0 Å². The van der Waals surface area contributed by atoms with Crippen LogP contribution in [0.15, 0.2) is 0 Å². The van der Waals surface area contributed by atoms with Crippen molar-refractivity contribution in [2.24, 2.45) is 11.3 Å². The van der Waals surface area contributed by atoms with E-state index in [0.717, 1.165) is 0 Å². The minimum Gasteiger partial charge on any atom is -0.0999 e. The van der Waals surface area contributed by atoms with Crippen LogP contribution in [0.4, 0.5) is 0 Å². The van der Waals surface area contributed by atoms with E-state index < -0.39 is 0 Å². The van der Waals surface area contributed by atoms with E-state index in [9.17, 15) is 0 Å². The molecular formula is C9H14. The van der Waals surface area contributed by atoms with Gasteiger partial charge in [0.1, 0.15) is 0 Å². The smallest absolute Gasteiger partial charge is 0.0287 e. The first kappa shape index (κ1) is 6.68. The van der Waals surface area contributed by atoms with Gasteiger partial charge in [-0.2, -0.15) is 0 Å². The van der Waals surface area contributed by atoms with E-state index in [1.807, 2.05) is 0 Å². The van der Waals surface area contributed by atoms with Gasteiger partial charge in [0.25, 0.3) is 0 Å². The largest absolute Gasteiger partial charge is 0.0999 e. The maximum absolute atomic E-state index is 3.28. The molecule has 0 heterocycles. The third-order valence-electron chi connectivity index (χ3n) is 1.66. The van der Waals surface area contributed by atoms with Gasteiger partial charge in [-0.1, -0.05) is 25.7 Å². The van der Waals surface area contributed by atoms with Gasteiger partial charge in [-0.15, -0.1) is 0 Å². The van der Waals surface area contributed by atoms with Crippen LogP contribution in [-0.2, 0) is 0 Å². The van der Waals surface area contributed by atoms with Gasteiger partial charge in [-0.05, 0) is 19.8 Å². The second-order valence-electron chi connectivity index (χ2n) is 3.48. The van der Waals surface area contributed by atoms with E-state index in [1.54, 1.807) is 0 Å². The molecule has 0 aromatic heterocycles. The molecule has 1 saturated carbocycles. The Bertz CT molecular complexity index is 151. The zero-order valence-electron chi connectivity index (χ0n) is 6.49. The van der Waals surface area contributed by atoms with Crippen LogP contribution in [0, 0.1) is 23.2 Å². The van der Waals surface area contributed by atoms with Crippen LogP contribution in [0.2, 0.25) is 0 Å². The van der Waals surface area contributed by atoms with Crippen LogP contribution in [0.1, 0.15) is 33.6 Å². The predicted molar refractivity (Wildman–Crippen MR) is 40.0 cm³/mol. The number of rotatable bonds is 0. The van der Waals surface area contributed by atoms with Gasteiger partial charge in [0.15, 0.2) is 0 Å². The van der Waals surface area contributed by atoms with E-state index in [2.05, 4.69) is 32.6 Å². The predicted octanol–water partition coefficient (Wildman–Crippen LogP) is 2.45. The lowest BCUT2D eigenvalue weighted by atomic mass is 10.1. The van der Waals surface area contributed by atoms with Crippen molar-refractivity contribution in [1.29, 1.82) is 0 Å². The van der Waals surface area contributed by atoms with Gasteiger partial charge >= 0.3 is 0 Å². The quantitative estimate of drug-likeness (QED) is 0.433. The number of hydrogen-bond acceptors (Lipinski definition) is 0. The summed E-state index contributed by atoms with van der Waals surface area (Å²) in [6.07, 6.45) is 2.62. The molecule has 0 radical (unpaired) electrons. The molecular weight excluding hydrogens is 108 g/mol. The molecule has 0 saturated heterocycles. The van der Waals surface area contributed by atoms with Crippen molar-refractivity contribution in [3.8, 4) is 11.8 Å². The van der Waals surface area contributed by atoms with Crippen molar-refractivity contribution >= 4 is 0 Å². The molecule has 0 heteroatoms. The Labute approximate surface area is 57.7 Å². The second kappa shape index (κ2) is 2.06. The molecule has 50 valence electrons. The molecule has 0 amide bonds. The SMILES string of the molecule is CC(C)C#CC1(C)CC1. The van der Waals surface area contributed by atoms with E-state index in [4.69, 9.17) is 0 Å². The van der Waals surface area contributed by atoms with Crippen molar-refractivity contribution in [2.75, 3.05) is 0 Å². The van der Waals surface area contributed by atoms with Gasteiger partial charge in [0.2, 0.25) is 0 Å². The van der Waals surface area contributed by atoms with Gasteiger partial charge in [-0.25, -0.2) is 0 Å². The van der Waals surface area contributed by atoms with E-state index in [1.165, 1.54) is 12.8 Å². The Morgan fingerprint density at radius 3 is 2.22 bits per heavy atom. The maximum atomic E-state index is 3.28. The molecule has 0 aromatic rings. The first-order valence-corrected chi connectivity index (χ1v) is 3.65. The first-order valence-electron chi connectivity index (χ1n) is 3.65. The molecule has 9 heavy (non-hydrogen) atoms. The van der Waals surface area contributed by atoms with Crippen molar-refractivity contribution in [1.82, 2.24) is 0 Å². The third-order valence-corrected chi connectivity index (χ3v) is 1.66. The summed E-state index contributed by atoms with van der Waals surface area (Å²) in [6.45, 7) is 6.51. The highest BCUT2D eigenvalue weighted by Crippen LogP contribution is 2.44. The fourth-order valence-corrected chi connectivity index (χ4v) is 0.631. The van der Waals surface area contributed by atoms with E-state index in [0.29, 0.717) is 11.3 Å². The van der Waals surface area contributed by atoms with Crippen LogP contribution >= 0.6 is 0 Å². The highest BCUT2D eigenvalue weighted by atomic mass is 14.4. The van der Waals surface area contributed by atoms with Gasteiger partial charge in [0.05, 0.1) is 0 Å². The van der Waals surface area contributed by atoms with Gasteiger partial charge in [-0.3, -0.25) is 0 Å². The molecule has 0 spiro atoms. The number of hydrogen-bond donors (Lipinski definition) is 0. The van der Waals surface area contributed by atoms with Gasteiger partial charge < -0.3 is 0 Å². The summed E-state index contributed by atoms with van der Waals surface area (Å²) in [6, 6.07) is 0. The molecule has 1 fully saturated rings. The van der Waals surface area contributed by atoms with Gasteiger partial charge in [0, 0.05) is 11.3 Å². The molecule has 0 aliphatic heterocycles. The summed E-state index contributed by atoms with van der Waals surface area (Å²) in [7, 11) is 0. The van der Waals surface area contributed by atoms with E-state index >= 15 is 0 Å². The van der Waals surface area contributed by atoms with Crippen LogP contribution in [0.5, 0.6) is 0 Å². The third kappa shape index (κ3) is 2.10. The zero-order chi connectivity index (χ0) is 6.91. The topological polar surface area (TPSA) is 0 Å². The fraction of sp³-hybridized carbons (Fsp3) is 0.778. The van der Waals surface area contributed by atoms with Crippen LogP contribution in [0.25, 0.3) is 0 Å². The Kier molecular flexibility index (Phi) is 1.53. The second-order valence-corrected chi connectivity index (χ2v) is 3.48. The summed E-state index contributed by atoms with van der Waals surface area (Å²) in [5.74, 6) is 7.02. The highest BCUT2D eigenvalue weighted by Gasteiger charge is 2.34. The molecule has 0 N–H and O–H groups in total. The summed E-state index contributed by atoms with van der Waals surface area (Å²) >= 11 is 0. The van der Waals surface area contributed by atoms with Crippen molar-refractivity contribution in [3.05, 3.63) is 0 Å². The zero-order valence-corrected chi connectivity index (χ0v) is 6.49. The average molecular weight is 122 g/mol.